The molecule has 0 unspecified atom stereocenters. The number of benzene rings is 1. The number of aryl methyl sites for hydroxylation is 1. The van der Waals surface area contributed by atoms with Crippen molar-refractivity contribution >= 4 is 34.2 Å². The molecular formula is C24H24F3N5O3S. The molecule has 1 fully saturated rings. The Morgan fingerprint density at radius 1 is 1.19 bits per heavy atom. The Morgan fingerprint density at radius 3 is 2.58 bits per heavy atom. The van der Waals surface area contributed by atoms with E-state index >= 15 is 0 Å². The Bertz CT molecular complexity index is 1240. The fourth-order valence-corrected chi connectivity index (χ4v) is 4.63. The minimum Gasteiger partial charge on any atom is -0.466 e. The van der Waals surface area contributed by atoms with Gasteiger partial charge in [0.05, 0.1) is 36.2 Å². The first-order valence-electron chi connectivity index (χ1n) is 11.3. The number of hydrogen-bond donors (Lipinski definition) is 1. The molecule has 1 aliphatic rings. The Labute approximate surface area is 209 Å². The molecule has 1 amide bonds. The zero-order chi connectivity index (χ0) is 25.9. The van der Waals surface area contributed by atoms with Crippen LogP contribution < -0.4 is 10.2 Å². The molecule has 0 atom stereocenters. The average molecular weight is 520 g/mol. The summed E-state index contributed by atoms with van der Waals surface area (Å²) in [5, 5.41) is 4.42. The van der Waals surface area contributed by atoms with Gasteiger partial charge in [-0.15, -0.1) is 11.3 Å². The van der Waals surface area contributed by atoms with E-state index in [1.165, 1.54) is 25.4 Å². The molecule has 3 heterocycles. The van der Waals surface area contributed by atoms with Crippen LogP contribution in [0.4, 0.5) is 24.1 Å². The first-order valence-corrected chi connectivity index (χ1v) is 12.2. The van der Waals surface area contributed by atoms with E-state index in [-0.39, 0.29) is 28.3 Å². The average Bonchev–Trinajstić information content (AvgIpc) is 3.32. The summed E-state index contributed by atoms with van der Waals surface area (Å²) in [6.45, 7) is 4.80. The third kappa shape index (κ3) is 5.81. The summed E-state index contributed by atoms with van der Waals surface area (Å²) in [6.07, 6.45) is -0.306. The Balaban J connectivity index is 1.37. The van der Waals surface area contributed by atoms with Crippen LogP contribution in [0.15, 0.2) is 36.0 Å². The van der Waals surface area contributed by atoms with E-state index in [4.69, 9.17) is 4.74 Å². The minimum absolute atomic E-state index is 0.0756. The van der Waals surface area contributed by atoms with Crippen LogP contribution in [-0.4, -0.2) is 46.5 Å². The maximum atomic E-state index is 13.2. The summed E-state index contributed by atoms with van der Waals surface area (Å²) in [7, 11) is 0. The monoisotopic (exact) mass is 519 g/mol. The summed E-state index contributed by atoms with van der Waals surface area (Å²) in [4.78, 5) is 39.3. The van der Waals surface area contributed by atoms with Gasteiger partial charge in [-0.05, 0) is 38.3 Å². The fraction of sp³-hybridized carbons (Fsp3) is 0.375. The van der Waals surface area contributed by atoms with Crippen molar-refractivity contribution < 1.29 is 27.5 Å². The summed E-state index contributed by atoms with van der Waals surface area (Å²) in [5.74, 6) is -0.229. The van der Waals surface area contributed by atoms with Crippen LogP contribution in [0, 0.1) is 12.8 Å². The van der Waals surface area contributed by atoms with Crippen LogP contribution in [0.3, 0.4) is 0 Å². The topological polar surface area (TPSA) is 97.3 Å². The number of alkyl halides is 3. The highest BCUT2D eigenvalue weighted by Gasteiger charge is 2.32. The predicted octanol–water partition coefficient (Wildman–Crippen LogP) is 4.96. The molecular weight excluding hydrogens is 495 g/mol. The number of nitrogens with one attached hydrogen (secondary N) is 1. The molecule has 3 aromatic rings. The zero-order valence-electron chi connectivity index (χ0n) is 19.6. The Kier molecular flexibility index (Phi) is 7.53. The van der Waals surface area contributed by atoms with Gasteiger partial charge < -0.3 is 9.64 Å². The van der Waals surface area contributed by atoms with Crippen molar-refractivity contribution in [2.24, 2.45) is 5.92 Å². The van der Waals surface area contributed by atoms with E-state index in [9.17, 15) is 22.8 Å². The second-order valence-corrected chi connectivity index (χ2v) is 9.15. The maximum Gasteiger partial charge on any atom is 0.416 e. The molecule has 190 valence electrons. The van der Waals surface area contributed by atoms with E-state index in [0.717, 1.165) is 17.4 Å². The number of thiazole rings is 1. The molecule has 12 heteroatoms. The summed E-state index contributed by atoms with van der Waals surface area (Å²) >= 11 is 1.10. The van der Waals surface area contributed by atoms with Crippen molar-refractivity contribution in [3.63, 3.8) is 0 Å². The number of aromatic nitrogens is 3. The highest BCUT2D eigenvalue weighted by molar-refractivity contribution is 7.14. The van der Waals surface area contributed by atoms with Crippen LogP contribution in [0.5, 0.6) is 0 Å². The van der Waals surface area contributed by atoms with Gasteiger partial charge in [0.2, 0.25) is 0 Å². The third-order valence-corrected chi connectivity index (χ3v) is 6.63. The quantitative estimate of drug-likeness (QED) is 0.460. The number of carbonyl (C=O) groups excluding carboxylic acids is 2. The van der Waals surface area contributed by atoms with Crippen molar-refractivity contribution in [1.29, 1.82) is 0 Å². The smallest absolute Gasteiger partial charge is 0.416 e. The van der Waals surface area contributed by atoms with Crippen LogP contribution >= 0.6 is 11.3 Å². The van der Waals surface area contributed by atoms with Gasteiger partial charge in [0, 0.05) is 24.0 Å². The van der Waals surface area contributed by atoms with Gasteiger partial charge in [-0.2, -0.15) is 13.2 Å². The van der Waals surface area contributed by atoms with Gasteiger partial charge in [-0.3, -0.25) is 14.9 Å². The van der Waals surface area contributed by atoms with E-state index in [1.807, 2.05) is 4.90 Å². The molecule has 1 aromatic carbocycles. The van der Waals surface area contributed by atoms with Crippen LogP contribution in [0.1, 0.15) is 41.4 Å². The third-order valence-electron chi connectivity index (χ3n) is 5.87. The maximum absolute atomic E-state index is 13.2. The van der Waals surface area contributed by atoms with Crippen molar-refractivity contribution in [1.82, 2.24) is 15.0 Å². The van der Waals surface area contributed by atoms with Crippen molar-refractivity contribution in [3.8, 4) is 11.3 Å². The van der Waals surface area contributed by atoms with E-state index in [1.54, 1.807) is 18.4 Å². The van der Waals surface area contributed by atoms with Gasteiger partial charge in [-0.25, -0.2) is 15.0 Å². The minimum atomic E-state index is -4.46. The largest absolute Gasteiger partial charge is 0.466 e. The standard InChI is InChI=1S/C24H24F3N5O3S/c1-3-35-22(34)15-6-8-32(9-7-15)20-12-28-18(11-29-20)21(33)31-23-30-19(13-36-23)16-5-4-14(2)17(10-16)24(25,26)27/h4-5,10-13,15H,3,6-9H2,1-2H3,(H,30,31,33). The summed E-state index contributed by atoms with van der Waals surface area (Å²) < 4.78 is 44.8. The van der Waals surface area contributed by atoms with Gasteiger partial charge in [-0.1, -0.05) is 12.1 Å². The molecule has 0 saturated carbocycles. The van der Waals surface area contributed by atoms with E-state index in [2.05, 4.69) is 20.3 Å². The highest BCUT2D eigenvalue weighted by atomic mass is 32.1. The number of nitrogens with zero attached hydrogens (tertiary/aromatic N) is 4. The van der Waals surface area contributed by atoms with E-state index < -0.39 is 17.6 Å². The zero-order valence-corrected chi connectivity index (χ0v) is 20.4. The Morgan fingerprint density at radius 2 is 1.94 bits per heavy atom. The van der Waals surface area contributed by atoms with Crippen molar-refractivity contribution in [3.05, 3.63) is 52.8 Å². The molecule has 8 nitrogen and oxygen atoms in total. The fourth-order valence-electron chi connectivity index (χ4n) is 3.92. The second-order valence-electron chi connectivity index (χ2n) is 8.29. The van der Waals surface area contributed by atoms with Crippen molar-refractivity contribution in [2.75, 3.05) is 29.9 Å². The lowest BCUT2D eigenvalue weighted by molar-refractivity contribution is -0.148. The number of ether oxygens (including phenoxy) is 1. The van der Waals surface area contributed by atoms with Gasteiger partial charge in [0.1, 0.15) is 11.5 Å². The number of carbonyl (C=O) groups is 2. The SMILES string of the molecule is CCOC(=O)C1CCN(c2cnc(C(=O)Nc3nc(-c4ccc(C)c(C(F)(F)F)c4)cs3)cn2)CC1. The molecule has 2 aromatic heterocycles. The molecule has 0 spiro atoms. The second kappa shape index (κ2) is 10.6. The number of halogens is 3. The van der Waals surface area contributed by atoms with Crippen LogP contribution in [0.2, 0.25) is 0 Å². The lowest BCUT2D eigenvalue weighted by atomic mass is 9.97. The first kappa shape index (κ1) is 25.5. The molecule has 0 bridgehead atoms. The van der Waals surface area contributed by atoms with Gasteiger partial charge in [0.25, 0.3) is 5.91 Å². The molecule has 0 aliphatic carbocycles. The molecule has 36 heavy (non-hydrogen) atoms. The number of amides is 1. The van der Waals surface area contributed by atoms with Gasteiger partial charge in [0.15, 0.2) is 5.13 Å². The summed E-state index contributed by atoms with van der Waals surface area (Å²) in [5.41, 5.74) is 0.111. The first-order chi connectivity index (χ1) is 17.2. The number of piperidine rings is 1. The van der Waals surface area contributed by atoms with Crippen LogP contribution in [-0.2, 0) is 15.7 Å². The number of hydrogen-bond acceptors (Lipinski definition) is 8. The number of anilines is 2. The number of rotatable bonds is 6. The van der Waals surface area contributed by atoms with Crippen LogP contribution in [0.25, 0.3) is 11.3 Å². The highest BCUT2D eigenvalue weighted by Crippen LogP contribution is 2.35. The molecule has 4 rings (SSSR count). The van der Waals surface area contributed by atoms with Crippen molar-refractivity contribution in [2.45, 2.75) is 32.9 Å². The number of esters is 1. The lowest BCUT2D eigenvalue weighted by Gasteiger charge is -2.31. The van der Waals surface area contributed by atoms with E-state index in [0.29, 0.717) is 49.6 Å². The normalized spacial score (nSPS) is 14.5. The molecule has 1 aliphatic heterocycles. The summed E-state index contributed by atoms with van der Waals surface area (Å²) in [6, 6.07) is 4.01. The van der Waals surface area contributed by atoms with Gasteiger partial charge >= 0.3 is 12.1 Å². The molecule has 0 radical (unpaired) electrons. The predicted molar refractivity (Wildman–Crippen MR) is 129 cm³/mol. The Hall–Kier alpha value is -3.54. The lowest BCUT2D eigenvalue weighted by Crippen LogP contribution is -2.37. The molecule has 1 saturated heterocycles. The molecule has 1 N–H and O–H groups in total.